The summed E-state index contributed by atoms with van der Waals surface area (Å²) < 4.78 is 0. The summed E-state index contributed by atoms with van der Waals surface area (Å²) in [6.45, 7) is 2.60. The standard InChI is InChI=1S/C15H21N3O2.ClH/c1-11(16)6-7-14(19)17-10-15(20)18-9-8-12-4-2-3-5-13(12)18;/h2-5,11H,6-10,16H2,1H3,(H,17,19);1H. The highest BCUT2D eigenvalue weighted by Gasteiger charge is 2.23. The normalized spacial score (nSPS) is 14.1. The Balaban J connectivity index is 0.00000220. The number of carbonyl (C=O) groups is 2. The number of hydrogen-bond acceptors (Lipinski definition) is 3. The molecule has 1 atom stereocenters. The maximum absolute atomic E-state index is 12.1. The number of nitrogens with one attached hydrogen (secondary N) is 1. The molecule has 116 valence electrons. The SMILES string of the molecule is CC(N)CCC(=O)NCC(=O)N1CCc2ccccc21.Cl. The zero-order valence-corrected chi connectivity index (χ0v) is 13.0. The van der Waals surface area contributed by atoms with Gasteiger partial charge in [0.15, 0.2) is 0 Å². The van der Waals surface area contributed by atoms with E-state index in [0.29, 0.717) is 19.4 Å². The van der Waals surface area contributed by atoms with Crippen molar-refractivity contribution in [2.75, 3.05) is 18.0 Å². The van der Waals surface area contributed by atoms with Crippen LogP contribution < -0.4 is 16.0 Å². The first-order chi connectivity index (χ1) is 9.58. The number of carbonyl (C=O) groups excluding carboxylic acids is 2. The van der Waals surface area contributed by atoms with Crippen molar-refractivity contribution in [1.82, 2.24) is 5.32 Å². The Morgan fingerprint density at radius 3 is 2.81 bits per heavy atom. The third kappa shape index (κ3) is 4.72. The molecule has 0 aliphatic carbocycles. The molecular formula is C15H22ClN3O2. The summed E-state index contributed by atoms with van der Waals surface area (Å²) in [5.74, 6) is -0.188. The molecule has 2 amide bonds. The summed E-state index contributed by atoms with van der Waals surface area (Å²) in [6.07, 6.45) is 1.87. The van der Waals surface area contributed by atoms with Crippen molar-refractivity contribution in [3.8, 4) is 0 Å². The van der Waals surface area contributed by atoms with Gasteiger partial charge in [-0.3, -0.25) is 9.59 Å². The van der Waals surface area contributed by atoms with Gasteiger partial charge < -0.3 is 16.0 Å². The van der Waals surface area contributed by atoms with Gasteiger partial charge in [-0.1, -0.05) is 18.2 Å². The smallest absolute Gasteiger partial charge is 0.246 e. The lowest BCUT2D eigenvalue weighted by molar-refractivity contribution is -0.125. The lowest BCUT2D eigenvalue weighted by atomic mass is 10.2. The zero-order chi connectivity index (χ0) is 14.5. The highest BCUT2D eigenvalue weighted by atomic mass is 35.5. The molecule has 1 aromatic carbocycles. The maximum atomic E-state index is 12.1. The first-order valence-electron chi connectivity index (χ1n) is 6.98. The molecule has 0 spiro atoms. The van der Waals surface area contributed by atoms with Crippen LogP contribution in [0.15, 0.2) is 24.3 Å². The van der Waals surface area contributed by atoms with Crippen LogP contribution in [0.25, 0.3) is 0 Å². The second-order valence-electron chi connectivity index (χ2n) is 5.22. The summed E-state index contributed by atoms with van der Waals surface area (Å²) >= 11 is 0. The van der Waals surface area contributed by atoms with Gasteiger partial charge in [0.1, 0.15) is 0 Å². The molecule has 0 saturated carbocycles. The van der Waals surface area contributed by atoms with Gasteiger partial charge in [-0.2, -0.15) is 0 Å². The van der Waals surface area contributed by atoms with Crippen molar-refractivity contribution in [2.45, 2.75) is 32.2 Å². The number of fused-ring (bicyclic) bond motifs is 1. The first kappa shape index (κ1) is 17.5. The van der Waals surface area contributed by atoms with E-state index >= 15 is 0 Å². The fourth-order valence-corrected chi connectivity index (χ4v) is 2.31. The minimum Gasteiger partial charge on any atom is -0.347 e. The predicted octanol–water partition coefficient (Wildman–Crippen LogP) is 1.24. The zero-order valence-electron chi connectivity index (χ0n) is 12.2. The van der Waals surface area contributed by atoms with Crippen molar-refractivity contribution < 1.29 is 9.59 Å². The fourth-order valence-electron chi connectivity index (χ4n) is 2.31. The van der Waals surface area contributed by atoms with E-state index in [2.05, 4.69) is 5.32 Å². The van der Waals surface area contributed by atoms with Crippen LogP contribution in [0, 0.1) is 0 Å². The number of nitrogens with two attached hydrogens (primary N) is 1. The molecule has 3 N–H and O–H groups in total. The Hall–Kier alpha value is -1.59. The molecule has 5 nitrogen and oxygen atoms in total. The number of benzene rings is 1. The number of anilines is 1. The van der Waals surface area contributed by atoms with Gasteiger partial charge in [0.05, 0.1) is 6.54 Å². The van der Waals surface area contributed by atoms with Gasteiger partial charge >= 0.3 is 0 Å². The highest BCUT2D eigenvalue weighted by molar-refractivity contribution is 5.98. The van der Waals surface area contributed by atoms with E-state index in [1.54, 1.807) is 4.90 Å². The van der Waals surface area contributed by atoms with E-state index in [1.807, 2.05) is 31.2 Å². The predicted molar refractivity (Wildman–Crippen MR) is 85.6 cm³/mol. The quantitative estimate of drug-likeness (QED) is 0.859. The molecule has 6 heteroatoms. The summed E-state index contributed by atoms with van der Waals surface area (Å²) in [4.78, 5) is 25.4. The first-order valence-corrected chi connectivity index (χ1v) is 6.98. The average molecular weight is 312 g/mol. The summed E-state index contributed by atoms with van der Waals surface area (Å²) in [5, 5.41) is 2.66. The molecule has 2 rings (SSSR count). The molecule has 1 aliphatic rings. The van der Waals surface area contributed by atoms with E-state index in [9.17, 15) is 9.59 Å². The monoisotopic (exact) mass is 311 g/mol. The fraction of sp³-hybridized carbons (Fsp3) is 0.467. The number of amides is 2. The van der Waals surface area contributed by atoms with Crippen LogP contribution in [0.3, 0.4) is 0 Å². The van der Waals surface area contributed by atoms with Gasteiger partial charge in [-0.15, -0.1) is 12.4 Å². The van der Waals surface area contributed by atoms with E-state index in [0.717, 1.165) is 12.1 Å². The van der Waals surface area contributed by atoms with Crippen molar-refractivity contribution in [3.05, 3.63) is 29.8 Å². The topological polar surface area (TPSA) is 75.4 Å². The van der Waals surface area contributed by atoms with Crippen LogP contribution in [0.2, 0.25) is 0 Å². The van der Waals surface area contributed by atoms with Crippen molar-refractivity contribution >= 4 is 29.9 Å². The average Bonchev–Trinajstić information content (AvgIpc) is 2.86. The Kier molecular flexibility index (Phi) is 6.65. The molecule has 0 saturated heterocycles. The Bertz CT molecular complexity index is 505. The molecule has 0 aromatic heterocycles. The second kappa shape index (κ2) is 8.00. The lowest BCUT2D eigenvalue weighted by Gasteiger charge is -2.17. The summed E-state index contributed by atoms with van der Waals surface area (Å²) in [6, 6.07) is 7.87. The number of hydrogen-bond donors (Lipinski definition) is 2. The van der Waals surface area contributed by atoms with Crippen molar-refractivity contribution in [1.29, 1.82) is 0 Å². The number of nitrogens with zero attached hydrogens (tertiary/aromatic N) is 1. The van der Waals surface area contributed by atoms with Crippen LogP contribution in [0.5, 0.6) is 0 Å². The molecule has 21 heavy (non-hydrogen) atoms. The van der Waals surface area contributed by atoms with Crippen molar-refractivity contribution in [3.63, 3.8) is 0 Å². The van der Waals surface area contributed by atoms with Gasteiger partial charge in [0.2, 0.25) is 11.8 Å². The third-order valence-corrected chi connectivity index (χ3v) is 3.45. The number of rotatable bonds is 5. The minimum absolute atomic E-state index is 0. The van der Waals surface area contributed by atoms with Crippen molar-refractivity contribution in [2.24, 2.45) is 5.73 Å². The molecule has 1 heterocycles. The molecule has 1 aromatic rings. The van der Waals surface area contributed by atoms with Gasteiger partial charge in [-0.05, 0) is 31.4 Å². The Labute approximate surface area is 131 Å². The van der Waals surface area contributed by atoms with Gasteiger partial charge in [-0.25, -0.2) is 0 Å². The van der Waals surface area contributed by atoms with Gasteiger partial charge in [0.25, 0.3) is 0 Å². The van der Waals surface area contributed by atoms with Crippen LogP contribution >= 0.6 is 12.4 Å². The summed E-state index contributed by atoms with van der Waals surface area (Å²) in [5.41, 5.74) is 7.74. The largest absolute Gasteiger partial charge is 0.347 e. The van der Waals surface area contributed by atoms with Crippen LogP contribution in [-0.4, -0.2) is 30.9 Å². The number of para-hydroxylation sites is 1. The molecular weight excluding hydrogens is 290 g/mol. The molecule has 1 aliphatic heterocycles. The minimum atomic E-state index is -0.122. The van der Waals surface area contributed by atoms with Gasteiger partial charge in [0, 0.05) is 24.7 Å². The third-order valence-electron chi connectivity index (χ3n) is 3.45. The van der Waals surface area contributed by atoms with Crippen LogP contribution in [0.4, 0.5) is 5.69 Å². The van der Waals surface area contributed by atoms with E-state index in [4.69, 9.17) is 5.73 Å². The van der Waals surface area contributed by atoms with Crippen LogP contribution in [0.1, 0.15) is 25.3 Å². The van der Waals surface area contributed by atoms with E-state index < -0.39 is 0 Å². The van der Waals surface area contributed by atoms with Crippen LogP contribution in [-0.2, 0) is 16.0 Å². The highest BCUT2D eigenvalue weighted by Crippen LogP contribution is 2.27. The second-order valence-corrected chi connectivity index (χ2v) is 5.22. The molecule has 1 unspecified atom stereocenters. The Morgan fingerprint density at radius 1 is 1.38 bits per heavy atom. The molecule has 0 bridgehead atoms. The molecule has 0 fully saturated rings. The molecule has 0 radical (unpaired) electrons. The van der Waals surface area contributed by atoms with E-state index in [-0.39, 0.29) is 36.8 Å². The van der Waals surface area contributed by atoms with E-state index in [1.165, 1.54) is 5.56 Å². The maximum Gasteiger partial charge on any atom is 0.246 e. The lowest BCUT2D eigenvalue weighted by Crippen LogP contribution is -2.39. The summed E-state index contributed by atoms with van der Waals surface area (Å²) in [7, 11) is 0. The number of halogens is 1. The Morgan fingerprint density at radius 2 is 2.10 bits per heavy atom.